The molecule has 0 radical (unpaired) electrons. The number of rotatable bonds is 4. The molecule has 0 atom stereocenters. The first-order valence-corrected chi connectivity index (χ1v) is 6.05. The van der Waals surface area contributed by atoms with Crippen molar-refractivity contribution in [3.05, 3.63) is 23.0 Å². The molecule has 0 spiro atoms. The number of nitrogens with one attached hydrogen (secondary N) is 1. The number of hydrogen-bond acceptors (Lipinski definition) is 3. The average molecular weight is 236 g/mol. The molecule has 1 N–H and O–H groups in total. The topological polar surface area (TPSA) is 34.1 Å². The zero-order valence-electron chi connectivity index (χ0n) is 11.8. The van der Waals surface area contributed by atoms with Crippen molar-refractivity contribution in [2.24, 2.45) is 5.41 Å². The van der Waals surface area contributed by atoms with Crippen LogP contribution in [0.4, 0.5) is 0 Å². The minimum Gasteiger partial charge on any atom is -0.496 e. The van der Waals surface area contributed by atoms with Crippen molar-refractivity contribution in [2.75, 3.05) is 13.7 Å². The Morgan fingerprint density at radius 3 is 2.47 bits per heavy atom. The molecule has 0 aromatic carbocycles. The maximum atomic E-state index is 5.40. The molecule has 1 aromatic rings. The number of nitrogens with zero attached hydrogens (tertiary/aromatic N) is 1. The van der Waals surface area contributed by atoms with E-state index in [0.717, 1.165) is 35.7 Å². The fourth-order valence-electron chi connectivity index (χ4n) is 1.81. The lowest BCUT2D eigenvalue weighted by atomic mass is 9.97. The minimum absolute atomic E-state index is 0.294. The third kappa shape index (κ3) is 4.00. The molecule has 0 fully saturated rings. The van der Waals surface area contributed by atoms with Gasteiger partial charge in [-0.15, -0.1) is 0 Å². The van der Waals surface area contributed by atoms with Crippen LogP contribution in [-0.2, 0) is 6.54 Å². The Hall–Kier alpha value is -1.09. The van der Waals surface area contributed by atoms with Crippen molar-refractivity contribution in [3.63, 3.8) is 0 Å². The Bertz CT molecular complexity index is 381. The fourth-order valence-corrected chi connectivity index (χ4v) is 1.81. The molecule has 0 saturated carbocycles. The Balaban J connectivity index is 2.73. The molecule has 0 aliphatic heterocycles. The van der Waals surface area contributed by atoms with Gasteiger partial charge in [0.05, 0.1) is 12.8 Å². The number of pyridine rings is 1. The number of aromatic nitrogens is 1. The first-order chi connectivity index (χ1) is 7.85. The molecule has 0 bridgehead atoms. The number of methoxy groups -OCH3 is 1. The fraction of sp³-hybridized carbons (Fsp3) is 0.643. The van der Waals surface area contributed by atoms with Crippen molar-refractivity contribution in [1.82, 2.24) is 10.3 Å². The zero-order valence-corrected chi connectivity index (χ0v) is 11.8. The summed E-state index contributed by atoms with van der Waals surface area (Å²) in [6, 6.07) is 0. The van der Waals surface area contributed by atoms with E-state index in [1.807, 2.05) is 13.1 Å². The van der Waals surface area contributed by atoms with E-state index in [0.29, 0.717) is 5.41 Å². The Morgan fingerprint density at radius 2 is 1.94 bits per heavy atom. The Labute approximate surface area is 105 Å². The molecule has 0 aliphatic rings. The predicted octanol–water partition coefficient (Wildman–Crippen LogP) is 2.84. The lowest BCUT2D eigenvalue weighted by Gasteiger charge is -2.19. The summed E-state index contributed by atoms with van der Waals surface area (Å²) in [5.41, 5.74) is 3.58. The standard InChI is InChI=1S/C14H24N2O/c1-10-7-16-12(11(2)13(10)17-6)8-15-9-14(3,4)5/h7,15H,8-9H2,1-6H3. The van der Waals surface area contributed by atoms with E-state index in [-0.39, 0.29) is 0 Å². The maximum absolute atomic E-state index is 5.40. The van der Waals surface area contributed by atoms with Crippen LogP contribution in [0.3, 0.4) is 0 Å². The summed E-state index contributed by atoms with van der Waals surface area (Å²) in [6.45, 7) is 12.5. The van der Waals surface area contributed by atoms with Crippen LogP contribution in [-0.4, -0.2) is 18.6 Å². The van der Waals surface area contributed by atoms with E-state index < -0.39 is 0 Å². The summed E-state index contributed by atoms with van der Waals surface area (Å²) in [4.78, 5) is 4.46. The van der Waals surface area contributed by atoms with Gasteiger partial charge in [0.1, 0.15) is 5.75 Å². The van der Waals surface area contributed by atoms with Crippen LogP contribution < -0.4 is 10.1 Å². The predicted molar refractivity (Wildman–Crippen MR) is 71.4 cm³/mol. The van der Waals surface area contributed by atoms with Gasteiger partial charge in [0.15, 0.2) is 0 Å². The second-order valence-corrected chi connectivity index (χ2v) is 5.71. The van der Waals surface area contributed by atoms with Crippen molar-refractivity contribution in [2.45, 2.75) is 41.2 Å². The first-order valence-electron chi connectivity index (χ1n) is 6.05. The molecule has 0 aliphatic carbocycles. The quantitative estimate of drug-likeness (QED) is 0.873. The van der Waals surface area contributed by atoms with E-state index in [9.17, 15) is 0 Å². The highest BCUT2D eigenvalue weighted by Gasteiger charge is 2.12. The van der Waals surface area contributed by atoms with E-state index >= 15 is 0 Å². The van der Waals surface area contributed by atoms with Gasteiger partial charge in [0.2, 0.25) is 0 Å². The molecule has 1 rings (SSSR count). The first kappa shape index (κ1) is 14.0. The number of ether oxygens (including phenoxy) is 1. The molecule has 1 heterocycles. The second kappa shape index (κ2) is 5.50. The summed E-state index contributed by atoms with van der Waals surface area (Å²) in [6.07, 6.45) is 1.87. The molecule has 1 aromatic heterocycles. The number of aryl methyl sites for hydroxylation is 1. The highest BCUT2D eigenvalue weighted by atomic mass is 16.5. The molecule has 0 unspecified atom stereocenters. The van der Waals surface area contributed by atoms with Crippen LogP contribution in [0.25, 0.3) is 0 Å². The van der Waals surface area contributed by atoms with Crippen LogP contribution in [0.15, 0.2) is 6.20 Å². The summed E-state index contributed by atoms with van der Waals surface area (Å²) < 4.78 is 5.40. The van der Waals surface area contributed by atoms with Gasteiger partial charge in [-0.05, 0) is 19.3 Å². The summed E-state index contributed by atoms with van der Waals surface area (Å²) in [7, 11) is 1.71. The average Bonchev–Trinajstić information content (AvgIpc) is 2.20. The van der Waals surface area contributed by atoms with Gasteiger partial charge in [-0.3, -0.25) is 4.98 Å². The molecule has 0 saturated heterocycles. The van der Waals surface area contributed by atoms with Crippen LogP contribution in [0.5, 0.6) is 5.75 Å². The molecule has 3 heteroatoms. The lowest BCUT2D eigenvalue weighted by molar-refractivity contribution is 0.376. The SMILES string of the molecule is COc1c(C)cnc(CNCC(C)(C)C)c1C. The Kier molecular flexibility index (Phi) is 4.52. The van der Waals surface area contributed by atoms with Gasteiger partial charge in [0.25, 0.3) is 0 Å². The maximum Gasteiger partial charge on any atom is 0.128 e. The largest absolute Gasteiger partial charge is 0.496 e. The van der Waals surface area contributed by atoms with Crippen molar-refractivity contribution in [1.29, 1.82) is 0 Å². The van der Waals surface area contributed by atoms with Gasteiger partial charge in [-0.25, -0.2) is 0 Å². The van der Waals surface area contributed by atoms with E-state index in [1.165, 1.54) is 0 Å². The monoisotopic (exact) mass is 236 g/mol. The van der Waals surface area contributed by atoms with E-state index in [4.69, 9.17) is 4.74 Å². The van der Waals surface area contributed by atoms with Gasteiger partial charge >= 0.3 is 0 Å². The summed E-state index contributed by atoms with van der Waals surface area (Å²) >= 11 is 0. The van der Waals surface area contributed by atoms with Crippen molar-refractivity contribution >= 4 is 0 Å². The van der Waals surface area contributed by atoms with Crippen molar-refractivity contribution in [3.8, 4) is 5.75 Å². The van der Waals surface area contributed by atoms with E-state index in [1.54, 1.807) is 7.11 Å². The molecule has 17 heavy (non-hydrogen) atoms. The highest BCUT2D eigenvalue weighted by Crippen LogP contribution is 2.23. The minimum atomic E-state index is 0.294. The summed E-state index contributed by atoms with van der Waals surface area (Å²) in [5.74, 6) is 0.951. The normalized spacial score (nSPS) is 11.6. The number of hydrogen-bond donors (Lipinski definition) is 1. The molecule has 3 nitrogen and oxygen atoms in total. The Morgan fingerprint density at radius 1 is 1.29 bits per heavy atom. The van der Waals surface area contributed by atoms with Crippen LogP contribution in [0.1, 0.15) is 37.6 Å². The zero-order chi connectivity index (χ0) is 13.1. The van der Waals surface area contributed by atoms with Crippen LogP contribution >= 0.6 is 0 Å². The van der Waals surface area contributed by atoms with Gasteiger partial charge in [0, 0.05) is 30.4 Å². The van der Waals surface area contributed by atoms with Crippen LogP contribution in [0.2, 0.25) is 0 Å². The lowest BCUT2D eigenvalue weighted by Crippen LogP contribution is -2.27. The van der Waals surface area contributed by atoms with Crippen LogP contribution in [0, 0.1) is 19.3 Å². The van der Waals surface area contributed by atoms with Gasteiger partial charge < -0.3 is 10.1 Å². The highest BCUT2D eigenvalue weighted by molar-refractivity contribution is 5.40. The van der Waals surface area contributed by atoms with Gasteiger partial charge in [-0.1, -0.05) is 20.8 Å². The van der Waals surface area contributed by atoms with E-state index in [2.05, 4.69) is 38.0 Å². The smallest absolute Gasteiger partial charge is 0.128 e. The third-order valence-electron chi connectivity index (χ3n) is 2.70. The summed E-state index contributed by atoms with van der Waals surface area (Å²) in [5, 5.41) is 3.44. The molecular weight excluding hydrogens is 212 g/mol. The van der Waals surface area contributed by atoms with Crippen molar-refractivity contribution < 1.29 is 4.74 Å². The molecule has 96 valence electrons. The molecule has 0 amide bonds. The third-order valence-corrected chi connectivity index (χ3v) is 2.70. The second-order valence-electron chi connectivity index (χ2n) is 5.71. The molecular formula is C14H24N2O. The van der Waals surface area contributed by atoms with Gasteiger partial charge in [-0.2, -0.15) is 0 Å².